The topological polar surface area (TPSA) is 75.9 Å². The van der Waals surface area contributed by atoms with Gasteiger partial charge in [-0.15, -0.1) is 0 Å². The van der Waals surface area contributed by atoms with Crippen LogP contribution in [0.5, 0.6) is 0 Å². The molecule has 1 aliphatic carbocycles. The Morgan fingerprint density at radius 1 is 1.33 bits per heavy atom. The van der Waals surface area contributed by atoms with Crippen LogP contribution in [-0.2, 0) is 13.0 Å². The highest BCUT2D eigenvalue weighted by Gasteiger charge is 2.19. The minimum Gasteiger partial charge on any atom is -0.370 e. The molecular weight excluding hydrogens is 226 g/mol. The molecule has 98 valence electrons. The van der Waals surface area contributed by atoms with Crippen LogP contribution in [0.3, 0.4) is 0 Å². The molecule has 2 heterocycles. The van der Waals surface area contributed by atoms with Gasteiger partial charge in [0.05, 0.1) is 5.69 Å². The second-order valence-electron chi connectivity index (χ2n) is 5.29. The Kier molecular flexibility index (Phi) is 3.32. The van der Waals surface area contributed by atoms with Crippen molar-refractivity contribution in [3.8, 4) is 0 Å². The van der Waals surface area contributed by atoms with E-state index in [2.05, 4.69) is 20.6 Å². The summed E-state index contributed by atoms with van der Waals surface area (Å²) in [5, 5.41) is 6.80. The summed E-state index contributed by atoms with van der Waals surface area (Å²) in [7, 11) is 0. The third kappa shape index (κ3) is 2.41. The lowest BCUT2D eigenvalue weighted by Crippen LogP contribution is -2.27. The number of anilines is 2. The molecule has 1 aromatic heterocycles. The zero-order chi connectivity index (χ0) is 12.4. The molecule has 2 aliphatic rings. The average Bonchev–Trinajstić information content (AvgIpc) is 2.32. The van der Waals surface area contributed by atoms with Gasteiger partial charge in [0.1, 0.15) is 5.82 Å². The molecule has 0 spiro atoms. The van der Waals surface area contributed by atoms with E-state index in [4.69, 9.17) is 5.73 Å². The van der Waals surface area contributed by atoms with Crippen molar-refractivity contribution in [3.05, 3.63) is 11.3 Å². The first-order chi connectivity index (χ1) is 8.83. The summed E-state index contributed by atoms with van der Waals surface area (Å²) in [6.45, 7) is 2.82. The van der Waals surface area contributed by atoms with Gasteiger partial charge >= 0.3 is 0 Å². The van der Waals surface area contributed by atoms with Gasteiger partial charge in [0.25, 0.3) is 0 Å². The lowest BCUT2D eigenvalue weighted by atomic mass is 9.83. The van der Waals surface area contributed by atoms with E-state index in [0.717, 1.165) is 43.5 Å². The van der Waals surface area contributed by atoms with Crippen LogP contribution in [0.1, 0.15) is 36.9 Å². The summed E-state index contributed by atoms with van der Waals surface area (Å²) in [6, 6.07) is 0. The molecule has 4 N–H and O–H groups in total. The summed E-state index contributed by atoms with van der Waals surface area (Å²) in [5.41, 5.74) is 8.07. The molecule has 0 amide bonds. The quantitative estimate of drug-likeness (QED) is 0.748. The summed E-state index contributed by atoms with van der Waals surface area (Å²) >= 11 is 0. The molecular formula is C13H21N5. The maximum Gasteiger partial charge on any atom is 0.222 e. The number of fused-ring (bicyclic) bond motifs is 1. The normalized spacial score (nSPS) is 19.1. The Morgan fingerprint density at radius 2 is 2.22 bits per heavy atom. The summed E-state index contributed by atoms with van der Waals surface area (Å²) in [4.78, 5) is 8.67. The number of rotatable bonds is 4. The van der Waals surface area contributed by atoms with E-state index in [1.807, 2.05) is 0 Å². The average molecular weight is 247 g/mol. The number of nitrogen functional groups attached to an aromatic ring is 1. The minimum absolute atomic E-state index is 0.391. The van der Waals surface area contributed by atoms with Crippen LogP contribution < -0.4 is 16.4 Å². The zero-order valence-corrected chi connectivity index (χ0v) is 10.7. The van der Waals surface area contributed by atoms with E-state index >= 15 is 0 Å². The number of hydrogen-bond donors (Lipinski definition) is 3. The Balaban J connectivity index is 1.67. The van der Waals surface area contributed by atoms with E-state index in [0.29, 0.717) is 5.95 Å². The summed E-state index contributed by atoms with van der Waals surface area (Å²) in [5.74, 6) is 2.25. The molecule has 0 radical (unpaired) electrons. The van der Waals surface area contributed by atoms with Crippen LogP contribution in [-0.4, -0.2) is 23.1 Å². The van der Waals surface area contributed by atoms with Crippen molar-refractivity contribution < 1.29 is 0 Å². The third-order valence-corrected chi connectivity index (χ3v) is 4.02. The number of nitrogens with two attached hydrogens (primary N) is 1. The standard InChI is InChI=1S/C13H21N5/c14-13-17-11-5-6-15-8-10(11)12(18-13)16-7-4-9-2-1-3-9/h9,15H,1-8H2,(H3,14,16,17,18). The fourth-order valence-corrected chi connectivity index (χ4v) is 2.68. The fourth-order valence-electron chi connectivity index (χ4n) is 2.68. The van der Waals surface area contributed by atoms with Gasteiger partial charge in [0.2, 0.25) is 5.95 Å². The van der Waals surface area contributed by atoms with Gasteiger partial charge in [-0.1, -0.05) is 19.3 Å². The molecule has 1 aliphatic heterocycles. The van der Waals surface area contributed by atoms with Crippen molar-refractivity contribution in [2.45, 2.75) is 38.6 Å². The first kappa shape index (κ1) is 11.7. The molecule has 0 aromatic carbocycles. The largest absolute Gasteiger partial charge is 0.370 e. The number of nitrogens with one attached hydrogen (secondary N) is 2. The Hall–Kier alpha value is -1.36. The summed E-state index contributed by atoms with van der Waals surface area (Å²) < 4.78 is 0. The van der Waals surface area contributed by atoms with E-state index in [1.165, 1.54) is 31.2 Å². The smallest absolute Gasteiger partial charge is 0.222 e. The fraction of sp³-hybridized carbons (Fsp3) is 0.692. The second kappa shape index (κ2) is 5.10. The first-order valence-electron chi connectivity index (χ1n) is 6.93. The van der Waals surface area contributed by atoms with Crippen molar-refractivity contribution >= 4 is 11.8 Å². The van der Waals surface area contributed by atoms with Gasteiger partial charge in [0, 0.05) is 31.6 Å². The van der Waals surface area contributed by atoms with Crippen LogP contribution >= 0.6 is 0 Å². The predicted octanol–water partition coefficient (Wildman–Crippen LogP) is 1.31. The highest BCUT2D eigenvalue weighted by atomic mass is 15.1. The number of nitrogens with zero attached hydrogens (tertiary/aromatic N) is 2. The Bertz CT molecular complexity index is 428. The maximum absolute atomic E-state index is 5.77. The van der Waals surface area contributed by atoms with E-state index in [-0.39, 0.29) is 0 Å². The first-order valence-corrected chi connectivity index (χ1v) is 6.93. The monoisotopic (exact) mass is 247 g/mol. The van der Waals surface area contributed by atoms with Gasteiger partial charge in [0.15, 0.2) is 0 Å². The SMILES string of the molecule is Nc1nc2c(c(NCCC3CCC3)n1)CNCC2. The van der Waals surface area contributed by atoms with Crippen molar-refractivity contribution in [2.75, 3.05) is 24.1 Å². The summed E-state index contributed by atoms with van der Waals surface area (Å²) in [6.07, 6.45) is 6.39. The Labute approximate surface area is 108 Å². The van der Waals surface area contributed by atoms with Crippen LogP contribution in [0.2, 0.25) is 0 Å². The van der Waals surface area contributed by atoms with Gasteiger partial charge in [-0.3, -0.25) is 0 Å². The third-order valence-electron chi connectivity index (χ3n) is 4.02. The van der Waals surface area contributed by atoms with Crippen molar-refractivity contribution in [1.82, 2.24) is 15.3 Å². The minimum atomic E-state index is 0.391. The molecule has 1 saturated carbocycles. The van der Waals surface area contributed by atoms with Crippen LogP contribution in [0.4, 0.5) is 11.8 Å². The van der Waals surface area contributed by atoms with Crippen LogP contribution in [0.25, 0.3) is 0 Å². The molecule has 1 fully saturated rings. The van der Waals surface area contributed by atoms with E-state index < -0.39 is 0 Å². The number of aromatic nitrogens is 2. The van der Waals surface area contributed by atoms with Crippen LogP contribution in [0, 0.1) is 5.92 Å². The molecule has 3 rings (SSSR count). The zero-order valence-electron chi connectivity index (χ0n) is 10.7. The molecule has 0 bridgehead atoms. The molecule has 5 nitrogen and oxygen atoms in total. The molecule has 0 atom stereocenters. The molecule has 5 heteroatoms. The second-order valence-corrected chi connectivity index (χ2v) is 5.29. The molecule has 0 unspecified atom stereocenters. The molecule has 0 saturated heterocycles. The van der Waals surface area contributed by atoms with Gasteiger partial charge < -0.3 is 16.4 Å². The maximum atomic E-state index is 5.77. The van der Waals surface area contributed by atoms with Crippen molar-refractivity contribution in [2.24, 2.45) is 5.92 Å². The highest BCUT2D eigenvalue weighted by molar-refractivity contribution is 5.50. The van der Waals surface area contributed by atoms with E-state index in [1.54, 1.807) is 0 Å². The van der Waals surface area contributed by atoms with Gasteiger partial charge in [-0.05, 0) is 12.3 Å². The van der Waals surface area contributed by atoms with Crippen molar-refractivity contribution in [3.63, 3.8) is 0 Å². The van der Waals surface area contributed by atoms with Crippen LogP contribution in [0.15, 0.2) is 0 Å². The molecule has 18 heavy (non-hydrogen) atoms. The van der Waals surface area contributed by atoms with E-state index in [9.17, 15) is 0 Å². The lowest BCUT2D eigenvalue weighted by Gasteiger charge is -2.26. The Morgan fingerprint density at radius 3 is 3.00 bits per heavy atom. The van der Waals surface area contributed by atoms with Gasteiger partial charge in [-0.25, -0.2) is 4.98 Å². The highest BCUT2D eigenvalue weighted by Crippen LogP contribution is 2.29. The number of hydrogen-bond acceptors (Lipinski definition) is 5. The predicted molar refractivity (Wildman–Crippen MR) is 72.3 cm³/mol. The van der Waals surface area contributed by atoms with Crippen molar-refractivity contribution in [1.29, 1.82) is 0 Å². The molecule has 1 aromatic rings. The lowest BCUT2D eigenvalue weighted by molar-refractivity contribution is 0.303. The van der Waals surface area contributed by atoms with Gasteiger partial charge in [-0.2, -0.15) is 4.98 Å².